The lowest BCUT2D eigenvalue weighted by Gasteiger charge is -2.18. The molecular formula is C26H27N3O5S. The fourth-order valence-corrected chi connectivity index (χ4v) is 4.69. The number of aryl methyl sites for hydroxylation is 2. The Kier molecular flexibility index (Phi) is 7.55. The van der Waals surface area contributed by atoms with Gasteiger partial charge in [-0.15, -0.1) is 0 Å². The molecule has 0 aliphatic carbocycles. The second-order valence-corrected chi connectivity index (χ2v) is 9.57. The van der Waals surface area contributed by atoms with Crippen LogP contribution in [0.5, 0.6) is 5.75 Å². The van der Waals surface area contributed by atoms with E-state index in [0.717, 1.165) is 46.3 Å². The Bertz CT molecular complexity index is 1190. The van der Waals surface area contributed by atoms with E-state index in [4.69, 9.17) is 4.74 Å². The van der Waals surface area contributed by atoms with E-state index >= 15 is 0 Å². The number of rotatable bonds is 7. The fourth-order valence-electron chi connectivity index (χ4n) is 3.86. The summed E-state index contributed by atoms with van der Waals surface area (Å²) in [5.74, 6) is -0.423. The Morgan fingerprint density at radius 1 is 1.06 bits per heavy atom. The number of amides is 4. The van der Waals surface area contributed by atoms with E-state index in [2.05, 4.69) is 5.32 Å². The number of benzene rings is 2. The van der Waals surface area contributed by atoms with Crippen molar-refractivity contribution in [3.63, 3.8) is 0 Å². The number of thioether (sulfide) groups is 1. The highest BCUT2D eigenvalue weighted by Gasteiger charge is 2.37. The van der Waals surface area contributed by atoms with E-state index < -0.39 is 11.1 Å². The van der Waals surface area contributed by atoms with Crippen molar-refractivity contribution in [3.8, 4) is 5.75 Å². The molecule has 2 aliphatic rings. The first-order chi connectivity index (χ1) is 16.8. The smallest absolute Gasteiger partial charge is 0.294 e. The van der Waals surface area contributed by atoms with Crippen molar-refractivity contribution in [1.29, 1.82) is 0 Å². The first-order valence-corrected chi connectivity index (χ1v) is 12.2. The van der Waals surface area contributed by atoms with Crippen molar-refractivity contribution >= 4 is 46.5 Å². The maximum Gasteiger partial charge on any atom is 0.294 e. The lowest BCUT2D eigenvalue weighted by atomic mass is 10.1. The van der Waals surface area contributed by atoms with E-state index in [1.807, 2.05) is 32.0 Å². The quantitative estimate of drug-likeness (QED) is 0.586. The Hall–Kier alpha value is -3.59. The predicted molar refractivity (Wildman–Crippen MR) is 135 cm³/mol. The van der Waals surface area contributed by atoms with Crippen molar-refractivity contribution < 1.29 is 23.9 Å². The average molecular weight is 494 g/mol. The summed E-state index contributed by atoms with van der Waals surface area (Å²) in [7, 11) is 0. The van der Waals surface area contributed by atoms with Gasteiger partial charge in [0.15, 0.2) is 6.61 Å². The van der Waals surface area contributed by atoms with Gasteiger partial charge in [0.05, 0.1) is 4.91 Å². The highest BCUT2D eigenvalue weighted by atomic mass is 32.2. The number of hydrogen-bond acceptors (Lipinski definition) is 6. The lowest BCUT2D eigenvalue weighted by molar-refractivity contribution is -0.135. The van der Waals surface area contributed by atoms with Gasteiger partial charge in [0, 0.05) is 18.8 Å². The topological polar surface area (TPSA) is 96.0 Å². The summed E-state index contributed by atoms with van der Waals surface area (Å²) in [6.45, 7) is 4.87. The van der Waals surface area contributed by atoms with Crippen molar-refractivity contribution in [1.82, 2.24) is 9.80 Å². The van der Waals surface area contributed by atoms with Gasteiger partial charge in [0.1, 0.15) is 12.3 Å². The lowest BCUT2D eigenvalue weighted by Crippen LogP contribution is -2.40. The summed E-state index contributed by atoms with van der Waals surface area (Å²) in [6, 6.07) is 12.7. The molecule has 2 aromatic carbocycles. The number of hydrogen-bond donors (Lipinski definition) is 1. The molecule has 0 atom stereocenters. The van der Waals surface area contributed by atoms with Crippen LogP contribution in [0.1, 0.15) is 29.5 Å². The van der Waals surface area contributed by atoms with Gasteiger partial charge < -0.3 is 15.0 Å². The number of ether oxygens (including phenoxy) is 1. The molecule has 0 spiro atoms. The Morgan fingerprint density at radius 3 is 2.49 bits per heavy atom. The number of imide groups is 1. The molecule has 2 aliphatic heterocycles. The van der Waals surface area contributed by atoms with Crippen LogP contribution in [0.15, 0.2) is 47.4 Å². The van der Waals surface area contributed by atoms with Gasteiger partial charge in [-0.1, -0.05) is 24.3 Å². The van der Waals surface area contributed by atoms with Gasteiger partial charge in [-0.25, -0.2) is 0 Å². The highest BCUT2D eigenvalue weighted by molar-refractivity contribution is 8.18. The molecule has 2 fully saturated rings. The van der Waals surface area contributed by atoms with Crippen LogP contribution in [0.3, 0.4) is 0 Å². The number of nitrogens with one attached hydrogen (secondary N) is 1. The minimum absolute atomic E-state index is 0.142. The van der Waals surface area contributed by atoms with Crippen molar-refractivity contribution in [3.05, 3.63) is 64.1 Å². The summed E-state index contributed by atoms with van der Waals surface area (Å²) in [5.41, 5.74) is 3.48. The van der Waals surface area contributed by atoms with Crippen LogP contribution in [0.25, 0.3) is 6.08 Å². The molecule has 9 heteroatoms. The van der Waals surface area contributed by atoms with Gasteiger partial charge in [0.25, 0.3) is 17.1 Å². The van der Waals surface area contributed by atoms with E-state index in [9.17, 15) is 19.2 Å². The van der Waals surface area contributed by atoms with Crippen LogP contribution in [0.2, 0.25) is 0 Å². The van der Waals surface area contributed by atoms with Crippen LogP contribution in [-0.4, -0.2) is 59.0 Å². The van der Waals surface area contributed by atoms with Crippen LogP contribution in [-0.2, 0) is 14.4 Å². The van der Waals surface area contributed by atoms with Crippen LogP contribution < -0.4 is 10.1 Å². The number of carbonyl (C=O) groups excluding carboxylic acids is 4. The molecular weight excluding hydrogens is 466 g/mol. The molecule has 0 aromatic heterocycles. The Labute approximate surface area is 208 Å². The molecule has 2 aromatic rings. The summed E-state index contributed by atoms with van der Waals surface area (Å²) < 4.78 is 5.57. The molecule has 4 rings (SSSR count). The summed E-state index contributed by atoms with van der Waals surface area (Å²) in [6.07, 6.45) is 3.51. The predicted octanol–water partition coefficient (Wildman–Crippen LogP) is 3.98. The van der Waals surface area contributed by atoms with Gasteiger partial charge in [-0.2, -0.15) is 0 Å². The van der Waals surface area contributed by atoms with Crippen molar-refractivity contribution in [2.45, 2.75) is 26.7 Å². The van der Waals surface area contributed by atoms with Gasteiger partial charge in [-0.3, -0.25) is 24.1 Å². The van der Waals surface area contributed by atoms with E-state index in [1.54, 1.807) is 35.2 Å². The third kappa shape index (κ3) is 6.10. The molecule has 35 heavy (non-hydrogen) atoms. The number of anilines is 1. The number of carbonyl (C=O) groups is 4. The van der Waals surface area contributed by atoms with E-state index in [1.165, 1.54) is 0 Å². The number of likely N-dealkylation sites (tertiary alicyclic amines) is 1. The zero-order chi connectivity index (χ0) is 24.9. The second-order valence-electron chi connectivity index (χ2n) is 8.58. The van der Waals surface area contributed by atoms with Crippen LogP contribution in [0, 0.1) is 13.8 Å². The zero-order valence-corrected chi connectivity index (χ0v) is 20.5. The Balaban J connectivity index is 1.32. The summed E-state index contributed by atoms with van der Waals surface area (Å²) >= 11 is 0.826. The van der Waals surface area contributed by atoms with E-state index in [-0.39, 0.29) is 29.9 Å². The fraction of sp³-hybridized carbons (Fsp3) is 0.308. The normalized spacial score (nSPS) is 16.8. The third-order valence-corrected chi connectivity index (χ3v) is 6.75. The minimum Gasteiger partial charge on any atom is -0.484 e. The summed E-state index contributed by atoms with van der Waals surface area (Å²) in [4.78, 5) is 52.6. The maximum absolute atomic E-state index is 12.7. The molecule has 2 heterocycles. The molecule has 1 N–H and O–H groups in total. The van der Waals surface area contributed by atoms with Gasteiger partial charge in [0.2, 0.25) is 5.91 Å². The SMILES string of the molecule is Cc1ccc(C)c(NC(=O)COc2ccc(/C=C3\SC(=O)N(CC(=O)N4CCCC4)C3=O)cc2)c1. The van der Waals surface area contributed by atoms with Crippen LogP contribution in [0.4, 0.5) is 10.5 Å². The van der Waals surface area contributed by atoms with E-state index in [0.29, 0.717) is 24.4 Å². The minimum atomic E-state index is -0.462. The third-order valence-electron chi connectivity index (χ3n) is 5.84. The maximum atomic E-state index is 12.7. The molecule has 0 radical (unpaired) electrons. The number of nitrogens with zero attached hydrogens (tertiary/aromatic N) is 2. The van der Waals surface area contributed by atoms with Gasteiger partial charge in [-0.05, 0) is 79.4 Å². The summed E-state index contributed by atoms with van der Waals surface area (Å²) in [5, 5.41) is 2.41. The molecule has 0 saturated carbocycles. The molecule has 0 bridgehead atoms. The monoisotopic (exact) mass is 493 g/mol. The zero-order valence-electron chi connectivity index (χ0n) is 19.7. The van der Waals surface area contributed by atoms with Crippen molar-refractivity contribution in [2.75, 3.05) is 31.6 Å². The molecule has 8 nitrogen and oxygen atoms in total. The molecule has 4 amide bonds. The van der Waals surface area contributed by atoms with Crippen molar-refractivity contribution in [2.24, 2.45) is 0 Å². The molecule has 2 saturated heterocycles. The van der Waals surface area contributed by atoms with Gasteiger partial charge >= 0.3 is 0 Å². The largest absolute Gasteiger partial charge is 0.484 e. The average Bonchev–Trinajstić information content (AvgIpc) is 3.46. The Morgan fingerprint density at radius 2 is 1.77 bits per heavy atom. The van der Waals surface area contributed by atoms with Crippen LogP contribution >= 0.6 is 11.8 Å². The highest BCUT2D eigenvalue weighted by Crippen LogP contribution is 2.32. The molecule has 0 unspecified atom stereocenters. The standard InChI is InChI=1S/C26H27N3O5S/c1-17-5-6-18(2)21(13-17)27-23(30)16-34-20-9-7-19(8-10-20)14-22-25(32)29(26(33)35-22)15-24(31)28-11-3-4-12-28/h5-10,13-14H,3-4,11-12,15-16H2,1-2H3,(H,27,30)/b22-14-. The molecule has 182 valence electrons. The first kappa shape index (κ1) is 24.5. The first-order valence-electron chi connectivity index (χ1n) is 11.4. The second kappa shape index (κ2) is 10.8.